The second kappa shape index (κ2) is 5.80. The number of rotatable bonds is 4. The monoisotopic (exact) mass is 282 g/mol. The summed E-state index contributed by atoms with van der Waals surface area (Å²) in [5.74, 6) is 1.75. The molecule has 0 saturated heterocycles. The van der Waals surface area contributed by atoms with Gasteiger partial charge >= 0.3 is 0 Å². The van der Waals surface area contributed by atoms with Crippen LogP contribution in [-0.4, -0.2) is 15.5 Å². The zero-order valence-electron chi connectivity index (χ0n) is 9.79. The summed E-state index contributed by atoms with van der Waals surface area (Å²) in [6.07, 6.45) is 0. The van der Waals surface area contributed by atoms with Crippen molar-refractivity contribution in [1.82, 2.24) is 9.78 Å². The molecule has 2 nitrogen and oxygen atoms in total. The topological polar surface area (TPSA) is 17.8 Å². The van der Waals surface area contributed by atoms with Crippen LogP contribution in [0.5, 0.6) is 0 Å². The minimum Gasteiger partial charge on any atom is -0.211 e. The SMILES string of the molecule is CC(C)CSc1nn(-c2ccccc2)c(=S)s1. The molecule has 1 aromatic carbocycles. The lowest BCUT2D eigenvalue weighted by Gasteiger charge is -2.00. The highest BCUT2D eigenvalue weighted by Gasteiger charge is 2.06. The molecule has 0 unspecified atom stereocenters. The zero-order valence-corrected chi connectivity index (χ0v) is 12.2. The predicted molar refractivity (Wildman–Crippen MR) is 77.8 cm³/mol. The quantitative estimate of drug-likeness (QED) is 0.611. The minimum absolute atomic E-state index is 0.669. The predicted octanol–water partition coefficient (Wildman–Crippen LogP) is 4.41. The van der Waals surface area contributed by atoms with Crippen LogP contribution < -0.4 is 0 Å². The molecule has 2 aromatic rings. The van der Waals surface area contributed by atoms with E-state index < -0.39 is 0 Å². The first-order valence-corrected chi connectivity index (χ1v) is 7.66. The molecule has 0 spiro atoms. The Morgan fingerprint density at radius 2 is 2.06 bits per heavy atom. The zero-order chi connectivity index (χ0) is 12.3. The van der Waals surface area contributed by atoms with E-state index in [0.717, 1.165) is 19.7 Å². The summed E-state index contributed by atoms with van der Waals surface area (Å²) in [5.41, 5.74) is 1.03. The molecule has 90 valence electrons. The molecule has 1 aromatic heterocycles. The van der Waals surface area contributed by atoms with Crippen LogP contribution in [0.2, 0.25) is 0 Å². The van der Waals surface area contributed by atoms with Gasteiger partial charge in [-0.15, -0.1) is 5.10 Å². The first-order chi connectivity index (χ1) is 8.16. The summed E-state index contributed by atoms with van der Waals surface area (Å²) in [7, 11) is 0. The number of hydrogen-bond donors (Lipinski definition) is 0. The molecule has 0 N–H and O–H groups in total. The Kier molecular flexibility index (Phi) is 4.36. The maximum absolute atomic E-state index is 5.34. The van der Waals surface area contributed by atoms with Gasteiger partial charge in [-0.2, -0.15) is 0 Å². The van der Waals surface area contributed by atoms with Crippen LogP contribution in [0.4, 0.5) is 0 Å². The fraction of sp³-hybridized carbons (Fsp3) is 0.333. The third-order valence-electron chi connectivity index (χ3n) is 2.07. The number of benzene rings is 1. The van der Waals surface area contributed by atoms with Crippen LogP contribution >= 0.6 is 35.3 Å². The lowest BCUT2D eigenvalue weighted by Crippen LogP contribution is -1.96. The van der Waals surface area contributed by atoms with Crippen LogP contribution in [0, 0.1) is 9.87 Å². The second-order valence-electron chi connectivity index (χ2n) is 4.09. The summed E-state index contributed by atoms with van der Waals surface area (Å²) in [5, 5.41) is 4.55. The van der Waals surface area contributed by atoms with Crippen LogP contribution in [-0.2, 0) is 0 Å². The van der Waals surface area contributed by atoms with Gasteiger partial charge in [-0.05, 0) is 30.3 Å². The minimum atomic E-state index is 0.669. The van der Waals surface area contributed by atoms with Gasteiger partial charge in [0.15, 0.2) is 8.29 Å². The average Bonchev–Trinajstić information content (AvgIpc) is 2.69. The normalized spacial score (nSPS) is 11.0. The van der Waals surface area contributed by atoms with Crippen molar-refractivity contribution in [1.29, 1.82) is 0 Å². The number of nitrogens with zero attached hydrogens (tertiary/aromatic N) is 2. The van der Waals surface area contributed by atoms with Crippen LogP contribution in [0.25, 0.3) is 5.69 Å². The molecule has 0 radical (unpaired) electrons. The van der Waals surface area contributed by atoms with Gasteiger partial charge in [-0.1, -0.05) is 55.1 Å². The van der Waals surface area contributed by atoms with Crippen molar-refractivity contribution in [3.8, 4) is 5.69 Å². The van der Waals surface area contributed by atoms with Crippen LogP contribution in [0.3, 0.4) is 0 Å². The number of aromatic nitrogens is 2. The molecule has 17 heavy (non-hydrogen) atoms. The molecular weight excluding hydrogens is 268 g/mol. The van der Waals surface area contributed by atoms with Gasteiger partial charge in [0.2, 0.25) is 0 Å². The van der Waals surface area contributed by atoms with Gasteiger partial charge in [-0.3, -0.25) is 0 Å². The van der Waals surface area contributed by atoms with Crippen molar-refractivity contribution < 1.29 is 0 Å². The molecule has 5 heteroatoms. The molecule has 0 aliphatic heterocycles. The molecule has 0 bridgehead atoms. The molecule has 0 aliphatic carbocycles. The van der Waals surface area contributed by atoms with Crippen molar-refractivity contribution in [3.05, 3.63) is 34.3 Å². The Hall–Kier alpha value is -0.650. The standard InChI is InChI=1S/C12H14N2S3/c1-9(2)8-16-11-13-14(12(15)17-11)10-6-4-3-5-7-10/h3-7,9H,8H2,1-2H3. The highest BCUT2D eigenvalue weighted by Crippen LogP contribution is 2.25. The molecule has 1 heterocycles. The Balaban J connectivity index is 2.23. The van der Waals surface area contributed by atoms with E-state index in [1.54, 1.807) is 23.1 Å². The summed E-state index contributed by atoms with van der Waals surface area (Å²) in [6.45, 7) is 4.42. The van der Waals surface area contributed by atoms with Crippen molar-refractivity contribution in [2.24, 2.45) is 5.92 Å². The Morgan fingerprint density at radius 3 is 2.71 bits per heavy atom. The largest absolute Gasteiger partial charge is 0.211 e. The molecule has 0 fully saturated rings. The van der Waals surface area contributed by atoms with Crippen molar-refractivity contribution in [2.75, 3.05) is 5.75 Å². The summed E-state index contributed by atoms with van der Waals surface area (Å²) < 4.78 is 3.69. The first-order valence-electron chi connectivity index (χ1n) is 5.45. The van der Waals surface area contributed by atoms with Gasteiger partial charge < -0.3 is 0 Å². The Bertz CT molecular complexity index is 528. The number of para-hydroxylation sites is 1. The smallest absolute Gasteiger partial charge is 0.184 e. The van der Waals surface area contributed by atoms with Gasteiger partial charge in [-0.25, -0.2) is 4.68 Å². The van der Waals surface area contributed by atoms with Crippen LogP contribution in [0.1, 0.15) is 13.8 Å². The van der Waals surface area contributed by atoms with E-state index in [2.05, 4.69) is 18.9 Å². The average molecular weight is 282 g/mol. The third-order valence-corrected chi connectivity index (χ3v) is 4.86. The van der Waals surface area contributed by atoms with Crippen molar-refractivity contribution in [2.45, 2.75) is 18.2 Å². The third kappa shape index (κ3) is 3.40. The molecule has 0 aliphatic rings. The lowest BCUT2D eigenvalue weighted by atomic mass is 10.3. The fourth-order valence-corrected chi connectivity index (χ4v) is 3.63. The van der Waals surface area contributed by atoms with E-state index in [9.17, 15) is 0 Å². The van der Waals surface area contributed by atoms with E-state index in [-0.39, 0.29) is 0 Å². The van der Waals surface area contributed by atoms with Crippen molar-refractivity contribution >= 4 is 35.3 Å². The van der Waals surface area contributed by atoms with E-state index in [1.807, 2.05) is 35.0 Å². The highest BCUT2D eigenvalue weighted by atomic mass is 32.2. The van der Waals surface area contributed by atoms with E-state index in [4.69, 9.17) is 12.2 Å². The Labute approximate surface area is 115 Å². The maximum Gasteiger partial charge on any atom is 0.184 e. The second-order valence-corrected chi connectivity index (χ2v) is 6.98. The van der Waals surface area contributed by atoms with Crippen LogP contribution in [0.15, 0.2) is 34.7 Å². The number of hydrogen-bond acceptors (Lipinski definition) is 4. The number of thioether (sulfide) groups is 1. The summed E-state index contributed by atoms with van der Waals surface area (Å²) in [4.78, 5) is 0. The highest BCUT2D eigenvalue weighted by molar-refractivity contribution is 8.01. The summed E-state index contributed by atoms with van der Waals surface area (Å²) in [6, 6.07) is 10.0. The lowest BCUT2D eigenvalue weighted by molar-refractivity contribution is 0.748. The molecule has 0 atom stereocenters. The van der Waals surface area contributed by atoms with E-state index >= 15 is 0 Å². The van der Waals surface area contributed by atoms with Gasteiger partial charge in [0.1, 0.15) is 0 Å². The summed E-state index contributed by atoms with van der Waals surface area (Å²) >= 11 is 8.70. The molecule has 2 rings (SSSR count). The van der Waals surface area contributed by atoms with E-state index in [0.29, 0.717) is 5.92 Å². The van der Waals surface area contributed by atoms with E-state index in [1.165, 1.54) is 0 Å². The first kappa shape index (κ1) is 12.8. The molecule has 0 amide bonds. The van der Waals surface area contributed by atoms with Crippen molar-refractivity contribution in [3.63, 3.8) is 0 Å². The maximum atomic E-state index is 5.34. The molecular formula is C12H14N2S3. The Morgan fingerprint density at radius 1 is 1.35 bits per heavy atom. The van der Waals surface area contributed by atoms with Gasteiger partial charge in [0.25, 0.3) is 0 Å². The van der Waals surface area contributed by atoms with Gasteiger partial charge in [0, 0.05) is 5.75 Å². The molecule has 0 saturated carbocycles. The fourth-order valence-electron chi connectivity index (χ4n) is 1.29. The van der Waals surface area contributed by atoms with Gasteiger partial charge in [0.05, 0.1) is 5.69 Å².